The lowest BCUT2D eigenvalue weighted by atomic mass is 10.1. The molecule has 0 bridgehead atoms. The van der Waals surface area contributed by atoms with Crippen LogP contribution in [0.25, 0.3) is 10.8 Å². The Labute approximate surface area is 173 Å². The molecule has 0 saturated carbocycles. The summed E-state index contributed by atoms with van der Waals surface area (Å²) in [6.07, 6.45) is 5.64. The van der Waals surface area contributed by atoms with E-state index in [4.69, 9.17) is 0 Å². The van der Waals surface area contributed by atoms with Crippen LogP contribution >= 0.6 is 0 Å². The second-order valence-electron chi connectivity index (χ2n) is 7.19. The lowest BCUT2D eigenvalue weighted by Gasteiger charge is -2.29. The van der Waals surface area contributed by atoms with Gasteiger partial charge >= 0.3 is 0 Å². The monoisotopic (exact) mass is 411 g/mol. The van der Waals surface area contributed by atoms with E-state index in [9.17, 15) is 8.42 Å². The normalized spacial score (nSPS) is 13.1. The molecule has 0 spiro atoms. The number of sulfonamides is 1. The van der Waals surface area contributed by atoms with Gasteiger partial charge in [-0.2, -0.15) is 4.31 Å². The van der Waals surface area contributed by atoms with Gasteiger partial charge in [0.1, 0.15) is 0 Å². The van der Waals surface area contributed by atoms with Crippen molar-refractivity contribution in [3.63, 3.8) is 0 Å². The maximum atomic E-state index is 13.6. The number of rotatable bonds is 10. The van der Waals surface area contributed by atoms with Gasteiger partial charge in [-0.15, -0.1) is 0 Å². The molecule has 3 aromatic rings. The van der Waals surface area contributed by atoms with E-state index < -0.39 is 10.0 Å². The van der Waals surface area contributed by atoms with Gasteiger partial charge in [0, 0.05) is 36.3 Å². The van der Waals surface area contributed by atoms with Crippen molar-refractivity contribution >= 4 is 20.8 Å². The van der Waals surface area contributed by atoms with Crippen LogP contribution < -0.4 is 5.32 Å². The predicted octanol–water partition coefficient (Wildman–Crippen LogP) is 4.20. The number of pyridine rings is 1. The minimum Gasteiger partial charge on any atom is -0.301 e. The zero-order chi connectivity index (χ0) is 20.7. The molecule has 29 heavy (non-hydrogen) atoms. The van der Waals surface area contributed by atoms with Crippen molar-refractivity contribution in [2.75, 3.05) is 13.1 Å². The van der Waals surface area contributed by atoms with Crippen molar-refractivity contribution in [1.82, 2.24) is 14.6 Å². The molecule has 1 aromatic heterocycles. The Hall–Kier alpha value is -2.28. The fourth-order valence-electron chi connectivity index (χ4n) is 3.45. The van der Waals surface area contributed by atoms with Crippen LogP contribution in [0.1, 0.15) is 32.3 Å². The summed E-state index contributed by atoms with van der Waals surface area (Å²) in [4.78, 5) is 4.45. The molecule has 0 aliphatic carbocycles. The summed E-state index contributed by atoms with van der Waals surface area (Å²) in [6.45, 7) is 5.19. The number of hydrogen-bond acceptors (Lipinski definition) is 4. The van der Waals surface area contributed by atoms with Crippen LogP contribution in [0.15, 0.2) is 71.9 Å². The average Bonchev–Trinajstić information content (AvgIpc) is 2.74. The molecule has 0 aliphatic heterocycles. The van der Waals surface area contributed by atoms with E-state index in [1.165, 1.54) is 5.56 Å². The van der Waals surface area contributed by atoms with Crippen molar-refractivity contribution in [2.45, 2.75) is 44.2 Å². The van der Waals surface area contributed by atoms with Gasteiger partial charge in [-0.1, -0.05) is 55.8 Å². The number of fused-ring (bicyclic) bond motifs is 1. The summed E-state index contributed by atoms with van der Waals surface area (Å²) < 4.78 is 28.8. The smallest absolute Gasteiger partial charge is 0.245 e. The lowest BCUT2D eigenvalue weighted by Crippen LogP contribution is -2.47. The highest BCUT2D eigenvalue weighted by molar-refractivity contribution is 7.89. The van der Waals surface area contributed by atoms with Crippen molar-refractivity contribution in [2.24, 2.45) is 0 Å². The van der Waals surface area contributed by atoms with Crippen molar-refractivity contribution in [3.05, 3.63) is 72.6 Å². The summed E-state index contributed by atoms with van der Waals surface area (Å²) in [5, 5.41) is 4.93. The van der Waals surface area contributed by atoms with E-state index >= 15 is 0 Å². The van der Waals surface area contributed by atoms with Gasteiger partial charge in [-0.3, -0.25) is 4.98 Å². The maximum absolute atomic E-state index is 13.6. The molecular formula is C23H29N3O2S. The van der Waals surface area contributed by atoms with E-state index in [0.29, 0.717) is 23.4 Å². The first-order chi connectivity index (χ1) is 14.0. The number of aromatic nitrogens is 1. The SMILES string of the molecule is CCCCN(C(C)NCCc1ccccc1)S(=O)(=O)c1cccc2cnccc12. The Balaban J connectivity index is 1.82. The second kappa shape index (κ2) is 9.96. The first kappa shape index (κ1) is 21.4. The molecule has 0 amide bonds. The summed E-state index contributed by atoms with van der Waals surface area (Å²) in [5.74, 6) is 0. The quantitative estimate of drug-likeness (QED) is 0.508. The molecule has 1 unspecified atom stereocenters. The van der Waals surface area contributed by atoms with Gasteiger partial charge in [0.2, 0.25) is 10.0 Å². The Morgan fingerprint density at radius 3 is 2.62 bits per heavy atom. The van der Waals surface area contributed by atoms with E-state index in [1.807, 2.05) is 31.2 Å². The van der Waals surface area contributed by atoms with Crippen molar-refractivity contribution in [1.29, 1.82) is 0 Å². The lowest BCUT2D eigenvalue weighted by molar-refractivity contribution is 0.289. The Bertz CT molecular complexity index is 1020. The number of nitrogens with zero attached hydrogens (tertiary/aromatic N) is 2. The van der Waals surface area contributed by atoms with Crippen molar-refractivity contribution < 1.29 is 8.42 Å². The Morgan fingerprint density at radius 2 is 1.86 bits per heavy atom. The predicted molar refractivity (Wildman–Crippen MR) is 118 cm³/mol. The molecule has 0 fully saturated rings. The zero-order valence-electron chi connectivity index (χ0n) is 17.1. The van der Waals surface area contributed by atoms with Crippen LogP contribution in [0, 0.1) is 0 Å². The van der Waals surface area contributed by atoms with Gasteiger partial charge < -0.3 is 5.32 Å². The molecule has 5 nitrogen and oxygen atoms in total. The highest BCUT2D eigenvalue weighted by atomic mass is 32.2. The molecule has 1 heterocycles. The van der Waals surface area contributed by atoms with Gasteiger partial charge in [0.15, 0.2) is 0 Å². The number of unbranched alkanes of at least 4 members (excludes halogenated alkanes) is 1. The third-order valence-electron chi connectivity index (χ3n) is 5.09. The minimum absolute atomic E-state index is 0.299. The summed E-state index contributed by atoms with van der Waals surface area (Å²) in [7, 11) is -3.65. The summed E-state index contributed by atoms with van der Waals surface area (Å²) in [5.41, 5.74) is 1.23. The van der Waals surface area contributed by atoms with Crippen LogP contribution in [0.4, 0.5) is 0 Å². The first-order valence-electron chi connectivity index (χ1n) is 10.2. The van der Waals surface area contributed by atoms with Gasteiger partial charge in [0.05, 0.1) is 11.1 Å². The number of nitrogens with one attached hydrogen (secondary N) is 1. The number of hydrogen-bond donors (Lipinski definition) is 1. The molecule has 6 heteroatoms. The van der Waals surface area contributed by atoms with Crippen molar-refractivity contribution in [3.8, 4) is 0 Å². The van der Waals surface area contributed by atoms with E-state index in [1.54, 1.807) is 34.9 Å². The van der Waals surface area contributed by atoms with Crippen LogP contribution in [-0.4, -0.2) is 37.0 Å². The van der Waals surface area contributed by atoms with Gasteiger partial charge in [-0.05, 0) is 37.5 Å². The molecule has 2 aromatic carbocycles. The second-order valence-corrected chi connectivity index (χ2v) is 9.05. The molecule has 1 N–H and O–H groups in total. The van der Waals surface area contributed by atoms with Gasteiger partial charge in [0.25, 0.3) is 0 Å². The molecule has 154 valence electrons. The summed E-state index contributed by atoms with van der Waals surface area (Å²) in [6, 6.07) is 17.3. The molecular weight excluding hydrogens is 382 g/mol. The Kier molecular flexibility index (Phi) is 7.36. The Morgan fingerprint density at radius 1 is 1.07 bits per heavy atom. The maximum Gasteiger partial charge on any atom is 0.245 e. The standard InChI is InChI=1S/C23H29N3O2S/c1-3-4-17-26(19(2)25-16-13-20-9-6-5-7-10-20)29(27,28)23-12-8-11-21-18-24-15-14-22(21)23/h5-12,14-15,18-19,25H,3-4,13,16-17H2,1-2H3. The average molecular weight is 412 g/mol. The molecule has 1 atom stereocenters. The first-order valence-corrected chi connectivity index (χ1v) is 11.6. The van der Waals surface area contributed by atoms with E-state index in [2.05, 4.69) is 29.4 Å². The molecule has 3 rings (SSSR count). The zero-order valence-corrected chi connectivity index (χ0v) is 17.9. The van der Waals surface area contributed by atoms with Crippen LogP contribution in [-0.2, 0) is 16.4 Å². The van der Waals surface area contributed by atoms with Crippen LogP contribution in [0.3, 0.4) is 0 Å². The third-order valence-corrected chi connectivity index (χ3v) is 7.12. The third kappa shape index (κ3) is 5.21. The highest BCUT2D eigenvalue weighted by Crippen LogP contribution is 2.26. The largest absolute Gasteiger partial charge is 0.301 e. The van der Waals surface area contributed by atoms with Crippen LogP contribution in [0.5, 0.6) is 0 Å². The van der Waals surface area contributed by atoms with Crippen LogP contribution in [0.2, 0.25) is 0 Å². The number of benzene rings is 2. The fraction of sp³-hybridized carbons (Fsp3) is 0.348. The topological polar surface area (TPSA) is 62.3 Å². The molecule has 0 saturated heterocycles. The van der Waals surface area contributed by atoms with Gasteiger partial charge in [-0.25, -0.2) is 8.42 Å². The highest BCUT2D eigenvalue weighted by Gasteiger charge is 2.29. The van der Waals surface area contributed by atoms with E-state index in [-0.39, 0.29) is 6.17 Å². The minimum atomic E-state index is -3.65. The summed E-state index contributed by atoms with van der Waals surface area (Å²) >= 11 is 0. The molecule has 0 radical (unpaired) electrons. The van der Waals surface area contributed by atoms with E-state index in [0.717, 1.165) is 24.6 Å². The molecule has 0 aliphatic rings. The fourth-order valence-corrected chi connectivity index (χ4v) is 5.28.